The fourth-order valence-corrected chi connectivity index (χ4v) is 2.16. The molecule has 0 aliphatic carbocycles. The minimum Gasteiger partial charge on any atom is -0.291 e. The lowest BCUT2D eigenvalue weighted by atomic mass is 10.1. The number of nitro groups is 2. The van der Waals surface area contributed by atoms with Crippen LogP contribution in [0.2, 0.25) is 0 Å². The summed E-state index contributed by atoms with van der Waals surface area (Å²) in [5, 5.41) is 22.0. The number of hydrogen-bond acceptors (Lipinski definition) is 5. The van der Waals surface area contributed by atoms with Gasteiger partial charge >= 0.3 is 0 Å². The van der Waals surface area contributed by atoms with Crippen molar-refractivity contribution in [3.63, 3.8) is 0 Å². The Kier molecular flexibility index (Phi) is 13.8. The largest absolute Gasteiger partial charge is 0.291 e. The van der Waals surface area contributed by atoms with E-state index in [1.165, 1.54) is 18.6 Å². The van der Waals surface area contributed by atoms with Crippen molar-refractivity contribution in [3.8, 4) is 0 Å². The highest BCUT2D eigenvalue weighted by Gasteiger charge is 2.14. The normalized spacial score (nSPS) is 12.5. The number of rotatable bonds is 15. The Hall–Kier alpha value is -2.31. The predicted molar refractivity (Wildman–Crippen MR) is 96.8 cm³/mol. The monoisotopic (exact) mass is 351 g/mol. The van der Waals surface area contributed by atoms with Crippen LogP contribution < -0.4 is 0 Å². The van der Waals surface area contributed by atoms with Crippen molar-refractivity contribution in [3.05, 3.63) is 55.9 Å². The van der Waals surface area contributed by atoms with Gasteiger partial charge in [0, 0.05) is 12.8 Å². The molecule has 0 aliphatic heterocycles. The van der Waals surface area contributed by atoms with Crippen LogP contribution in [0, 0.1) is 20.2 Å². The van der Waals surface area contributed by atoms with Crippen LogP contribution >= 0.6 is 0 Å². The van der Waals surface area contributed by atoms with E-state index in [1.807, 2.05) is 12.2 Å². The van der Waals surface area contributed by atoms with Crippen LogP contribution in [0.25, 0.3) is 0 Å². The zero-order chi connectivity index (χ0) is 18.9. The fraction of sp³-hybridized carbons (Fsp3) is 0.611. The first-order valence-electron chi connectivity index (χ1n) is 8.69. The van der Waals surface area contributed by atoms with Gasteiger partial charge in [-0.2, -0.15) is 0 Å². The van der Waals surface area contributed by atoms with Crippen LogP contribution in [0.3, 0.4) is 0 Å². The van der Waals surface area contributed by atoms with E-state index in [4.69, 9.17) is 0 Å². The molecule has 0 unspecified atom stereocenters. The predicted octanol–water partition coefficient (Wildman–Crippen LogP) is 4.89. The van der Waals surface area contributed by atoms with Crippen LogP contribution in [-0.2, 0) is 4.79 Å². The van der Waals surface area contributed by atoms with Crippen molar-refractivity contribution in [1.82, 2.24) is 0 Å². The van der Waals surface area contributed by atoms with Crippen LogP contribution in [0.1, 0.15) is 71.1 Å². The second kappa shape index (κ2) is 15.2. The molecule has 0 aromatic carbocycles. The third-order valence-corrected chi connectivity index (χ3v) is 3.61. The van der Waals surface area contributed by atoms with Gasteiger partial charge in [-0.3, -0.25) is 25.0 Å². The molecule has 0 N–H and O–H groups in total. The highest BCUT2D eigenvalue weighted by atomic mass is 16.6. The summed E-state index contributed by atoms with van der Waals surface area (Å²) >= 11 is 0. The van der Waals surface area contributed by atoms with Crippen molar-refractivity contribution < 1.29 is 14.6 Å². The van der Waals surface area contributed by atoms with Gasteiger partial charge in [0.15, 0.2) is 6.29 Å². The second-order valence-corrected chi connectivity index (χ2v) is 5.66. The quantitative estimate of drug-likeness (QED) is 0.181. The Morgan fingerprint density at radius 1 is 0.960 bits per heavy atom. The van der Waals surface area contributed by atoms with Gasteiger partial charge in [0.1, 0.15) is 0 Å². The maximum Gasteiger partial charge on any atom is 0.246 e. The summed E-state index contributed by atoms with van der Waals surface area (Å²) in [5.74, 6) is 0. The third-order valence-electron chi connectivity index (χ3n) is 3.61. The summed E-state index contributed by atoms with van der Waals surface area (Å²) in [7, 11) is 0. The second-order valence-electron chi connectivity index (χ2n) is 5.66. The molecule has 0 aliphatic rings. The first kappa shape index (κ1) is 22.7. The molecule has 0 aromatic heterocycles. The summed E-state index contributed by atoms with van der Waals surface area (Å²) in [5.41, 5.74) is -0.0902. The van der Waals surface area contributed by atoms with E-state index in [1.54, 1.807) is 6.29 Å². The first-order chi connectivity index (χ1) is 12.0. The molecular formula is C18H27N2O5. The number of unbranched alkanes of at least 4 members (excludes halogenated alkanes) is 5. The number of allylic oxidation sites excluding steroid dienone is 5. The molecule has 0 aromatic rings. The van der Waals surface area contributed by atoms with Crippen LogP contribution in [0.4, 0.5) is 0 Å². The van der Waals surface area contributed by atoms with Crippen molar-refractivity contribution in [1.29, 1.82) is 0 Å². The molecule has 0 fully saturated rings. The maximum absolute atomic E-state index is 11.1. The van der Waals surface area contributed by atoms with Gasteiger partial charge in [-0.1, -0.05) is 31.9 Å². The highest BCUT2D eigenvalue weighted by Crippen LogP contribution is 2.14. The summed E-state index contributed by atoms with van der Waals surface area (Å²) < 4.78 is 0. The van der Waals surface area contributed by atoms with E-state index >= 15 is 0 Å². The lowest BCUT2D eigenvalue weighted by Gasteiger charge is -1.98. The van der Waals surface area contributed by atoms with Gasteiger partial charge in [-0.25, -0.2) is 0 Å². The standard InChI is InChI=1S/C18H27N2O5/c1-2-3-4-5-6-7-9-12-17(19(22)23)14-15-18(20(24)25)13-10-8-11-16-21/h6-7,12,15H,2-5,8-11,13-14H2,1H3/b7-6-,17-12+,18-15+. The van der Waals surface area contributed by atoms with Crippen molar-refractivity contribution in [2.75, 3.05) is 0 Å². The van der Waals surface area contributed by atoms with Gasteiger partial charge < -0.3 is 0 Å². The lowest BCUT2D eigenvalue weighted by molar-refractivity contribution is -0.432. The van der Waals surface area contributed by atoms with Crippen molar-refractivity contribution >= 4 is 6.29 Å². The molecule has 0 saturated heterocycles. The Morgan fingerprint density at radius 2 is 1.68 bits per heavy atom. The molecule has 0 atom stereocenters. The minimum atomic E-state index is -0.518. The molecule has 25 heavy (non-hydrogen) atoms. The molecule has 0 spiro atoms. The minimum absolute atomic E-state index is 0.0428. The summed E-state index contributed by atoms with van der Waals surface area (Å²) in [4.78, 5) is 31.1. The Balaban J connectivity index is 4.58. The third kappa shape index (κ3) is 12.7. The van der Waals surface area contributed by atoms with E-state index in [2.05, 4.69) is 6.92 Å². The Morgan fingerprint density at radius 3 is 2.28 bits per heavy atom. The molecule has 139 valence electrons. The number of nitrogens with zero attached hydrogens (tertiary/aromatic N) is 2. The fourth-order valence-electron chi connectivity index (χ4n) is 2.16. The van der Waals surface area contributed by atoms with Gasteiger partial charge in [-0.05, 0) is 44.3 Å². The highest BCUT2D eigenvalue weighted by molar-refractivity contribution is 5.50. The first-order valence-corrected chi connectivity index (χ1v) is 8.69. The Labute approximate surface area is 148 Å². The van der Waals surface area contributed by atoms with E-state index in [-0.39, 0.29) is 30.7 Å². The number of hydrogen-bond donors (Lipinski definition) is 0. The number of carbonyl (C=O) groups excluding carboxylic acids is 1. The van der Waals surface area contributed by atoms with Crippen molar-refractivity contribution in [2.45, 2.75) is 71.1 Å². The maximum atomic E-state index is 11.1. The van der Waals surface area contributed by atoms with Crippen LogP contribution in [0.5, 0.6) is 0 Å². The SMILES string of the molecule is CCCCC/C=C\C/C=C(\C/C=C(\CCCC[C]=O)[N+](=O)[O-])[N+](=O)[O-]. The average molecular weight is 351 g/mol. The molecule has 0 rings (SSSR count). The molecule has 7 nitrogen and oxygen atoms in total. The molecule has 7 heteroatoms. The average Bonchev–Trinajstić information content (AvgIpc) is 2.57. The van der Waals surface area contributed by atoms with Crippen LogP contribution in [0.15, 0.2) is 35.7 Å². The lowest BCUT2D eigenvalue weighted by Crippen LogP contribution is -2.02. The smallest absolute Gasteiger partial charge is 0.246 e. The van der Waals surface area contributed by atoms with E-state index < -0.39 is 9.85 Å². The molecule has 0 amide bonds. The molecular weight excluding hydrogens is 324 g/mol. The van der Waals surface area contributed by atoms with E-state index in [0.717, 1.165) is 19.3 Å². The molecule has 0 saturated carbocycles. The van der Waals surface area contributed by atoms with Gasteiger partial charge in [0.05, 0.1) is 16.3 Å². The Bertz CT molecular complexity index is 510. The molecule has 0 heterocycles. The molecule has 1 radical (unpaired) electrons. The zero-order valence-electron chi connectivity index (χ0n) is 14.8. The zero-order valence-corrected chi connectivity index (χ0v) is 14.8. The summed E-state index contributed by atoms with van der Waals surface area (Å²) in [6.45, 7) is 2.13. The molecule has 0 bridgehead atoms. The van der Waals surface area contributed by atoms with E-state index in [9.17, 15) is 25.0 Å². The van der Waals surface area contributed by atoms with Gasteiger partial charge in [0.25, 0.3) is 0 Å². The van der Waals surface area contributed by atoms with Crippen LogP contribution in [-0.4, -0.2) is 16.1 Å². The summed E-state index contributed by atoms with van der Waals surface area (Å²) in [6, 6.07) is 0. The summed E-state index contributed by atoms with van der Waals surface area (Å²) in [6.07, 6.45) is 14.6. The van der Waals surface area contributed by atoms with E-state index in [0.29, 0.717) is 19.3 Å². The van der Waals surface area contributed by atoms with Crippen molar-refractivity contribution in [2.24, 2.45) is 0 Å². The van der Waals surface area contributed by atoms with Gasteiger partial charge in [0.2, 0.25) is 11.4 Å². The topological polar surface area (TPSA) is 103 Å². The van der Waals surface area contributed by atoms with Gasteiger partial charge in [-0.15, -0.1) is 0 Å².